The molecule has 1 aliphatic carbocycles. The van der Waals surface area contributed by atoms with Gasteiger partial charge in [0.25, 0.3) is 5.69 Å². The molecule has 0 aliphatic heterocycles. The molecule has 0 radical (unpaired) electrons. The molecule has 108 valence electrons. The van der Waals surface area contributed by atoms with Crippen LogP contribution in [0.1, 0.15) is 24.5 Å². The second kappa shape index (κ2) is 6.44. The second-order valence-electron chi connectivity index (χ2n) is 4.84. The molecule has 1 saturated carbocycles. The summed E-state index contributed by atoms with van der Waals surface area (Å²) in [6.45, 7) is 0.371. The first-order valence-corrected chi connectivity index (χ1v) is 6.49. The number of nitrogens with one attached hydrogen (secondary N) is 2. The van der Waals surface area contributed by atoms with E-state index in [0.717, 1.165) is 12.8 Å². The molecule has 1 fully saturated rings. The molecule has 1 aromatic carbocycles. The van der Waals surface area contributed by atoms with Crippen molar-refractivity contribution in [1.82, 2.24) is 10.6 Å². The number of aliphatic hydroxyl groups excluding tert-OH is 1. The molecular weight excluding hydrogens is 262 g/mol. The van der Waals surface area contributed by atoms with E-state index < -0.39 is 11.0 Å². The zero-order valence-corrected chi connectivity index (χ0v) is 10.9. The van der Waals surface area contributed by atoms with Crippen LogP contribution in [0.2, 0.25) is 0 Å². The van der Waals surface area contributed by atoms with Crippen LogP contribution in [0, 0.1) is 10.1 Å². The van der Waals surface area contributed by atoms with Crippen molar-refractivity contribution >= 4 is 11.6 Å². The molecule has 7 heteroatoms. The van der Waals surface area contributed by atoms with Crippen molar-refractivity contribution in [3.63, 3.8) is 0 Å². The molecule has 0 heterocycles. The van der Waals surface area contributed by atoms with Gasteiger partial charge in [-0.1, -0.05) is 0 Å². The van der Waals surface area contributed by atoms with Crippen LogP contribution in [0.3, 0.4) is 0 Å². The summed E-state index contributed by atoms with van der Waals surface area (Å²) >= 11 is 0. The van der Waals surface area contributed by atoms with Gasteiger partial charge in [-0.2, -0.15) is 0 Å². The lowest BCUT2D eigenvalue weighted by Crippen LogP contribution is -2.36. The van der Waals surface area contributed by atoms with Gasteiger partial charge in [0.2, 0.25) is 5.91 Å². The third-order valence-corrected chi connectivity index (χ3v) is 3.05. The van der Waals surface area contributed by atoms with Gasteiger partial charge in [-0.05, 0) is 30.5 Å². The number of carbonyl (C=O) groups excluding carboxylic acids is 1. The van der Waals surface area contributed by atoms with Crippen LogP contribution in [-0.4, -0.2) is 35.1 Å². The van der Waals surface area contributed by atoms with E-state index in [1.54, 1.807) is 0 Å². The van der Waals surface area contributed by atoms with Gasteiger partial charge in [0.05, 0.1) is 17.6 Å². The Kier molecular flexibility index (Phi) is 4.65. The van der Waals surface area contributed by atoms with E-state index in [9.17, 15) is 20.0 Å². The summed E-state index contributed by atoms with van der Waals surface area (Å²) < 4.78 is 0. The Morgan fingerprint density at radius 2 is 2.05 bits per heavy atom. The zero-order valence-electron chi connectivity index (χ0n) is 10.9. The summed E-state index contributed by atoms with van der Waals surface area (Å²) in [7, 11) is 0. The number of rotatable bonds is 7. The largest absolute Gasteiger partial charge is 0.387 e. The number of non-ortho nitro benzene ring substituents is 1. The molecule has 0 bridgehead atoms. The Morgan fingerprint density at radius 3 is 2.60 bits per heavy atom. The Labute approximate surface area is 116 Å². The SMILES string of the molecule is O=C(CNCC(O)c1ccc([N+](=O)[O-])cc1)NC1CC1. The highest BCUT2D eigenvalue weighted by Crippen LogP contribution is 2.18. The van der Waals surface area contributed by atoms with Gasteiger partial charge >= 0.3 is 0 Å². The van der Waals surface area contributed by atoms with Crippen molar-refractivity contribution in [2.24, 2.45) is 0 Å². The number of hydrogen-bond donors (Lipinski definition) is 3. The summed E-state index contributed by atoms with van der Waals surface area (Å²) in [5.74, 6) is -0.0802. The lowest BCUT2D eigenvalue weighted by Gasteiger charge is -2.12. The number of benzene rings is 1. The van der Waals surface area contributed by atoms with Gasteiger partial charge in [-0.25, -0.2) is 0 Å². The van der Waals surface area contributed by atoms with Crippen molar-refractivity contribution in [3.05, 3.63) is 39.9 Å². The number of nitro benzene ring substituents is 1. The monoisotopic (exact) mass is 279 g/mol. The summed E-state index contributed by atoms with van der Waals surface area (Å²) in [6, 6.07) is 6.03. The molecule has 1 atom stereocenters. The minimum absolute atomic E-state index is 0.0160. The van der Waals surface area contributed by atoms with Crippen LogP contribution in [0.5, 0.6) is 0 Å². The standard InChI is InChI=1S/C13H17N3O4/c17-12(7-14-8-13(18)15-10-3-4-10)9-1-5-11(6-2-9)16(19)20/h1-2,5-6,10,12,14,17H,3-4,7-8H2,(H,15,18). The van der Waals surface area contributed by atoms with Crippen LogP contribution in [-0.2, 0) is 4.79 Å². The number of aliphatic hydroxyl groups is 1. The minimum Gasteiger partial charge on any atom is -0.387 e. The van der Waals surface area contributed by atoms with Gasteiger partial charge in [-0.3, -0.25) is 14.9 Å². The molecule has 20 heavy (non-hydrogen) atoms. The first-order chi connectivity index (χ1) is 9.56. The van der Waals surface area contributed by atoms with Crippen LogP contribution in [0.25, 0.3) is 0 Å². The Bertz CT molecular complexity index is 485. The van der Waals surface area contributed by atoms with E-state index in [1.165, 1.54) is 24.3 Å². The fraction of sp³-hybridized carbons (Fsp3) is 0.462. The quantitative estimate of drug-likeness (QED) is 0.498. The maximum absolute atomic E-state index is 11.4. The first kappa shape index (κ1) is 14.4. The average molecular weight is 279 g/mol. The maximum atomic E-state index is 11.4. The number of nitro groups is 1. The number of hydrogen-bond acceptors (Lipinski definition) is 5. The second-order valence-corrected chi connectivity index (χ2v) is 4.84. The zero-order chi connectivity index (χ0) is 14.5. The van der Waals surface area contributed by atoms with Gasteiger partial charge in [0.1, 0.15) is 0 Å². The lowest BCUT2D eigenvalue weighted by molar-refractivity contribution is -0.384. The highest BCUT2D eigenvalue weighted by molar-refractivity contribution is 5.78. The number of nitrogens with zero attached hydrogens (tertiary/aromatic N) is 1. The van der Waals surface area contributed by atoms with Crippen LogP contribution >= 0.6 is 0 Å². The average Bonchev–Trinajstić information content (AvgIpc) is 3.22. The fourth-order valence-electron chi connectivity index (χ4n) is 1.76. The smallest absolute Gasteiger partial charge is 0.269 e. The molecule has 0 saturated heterocycles. The highest BCUT2D eigenvalue weighted by atomic mass is 16.6. The van der Waals surface area contributed by atoms with E-state index in [1.807, 2.05) is 0 Å². The van der Waals surface area contributed by atoms with E-state index in [2.05, 4.69) is 10.6 Å². The summed E-state index contributed by atoms with van der Waals surface area (Å²) in [5.41, 5.74) is 0.559. The third kappa shape index (κ3) is 4.29. The fourth-order valence-corrected chi connectivity index (χ4v) is 1.76. The van der Waals surface area contributed by atoms with E-state index in [-0.39, 0.29) is 24.7 Å². The summed E-state index contributed by atoms with van der Waals surface area (Å²) in [5, 5.41) is 26.1. The van der Waals surface area contributed by atoms with Crippen molar-refractivity contribution < 1.29 is 14.8 Å². The Morgan fingerprint density at radius 1 is 1.40 bits per heavy atom. The topological polar surface area (TPSA) is 104 Å². The van der Waals surface area contributed by atoms with Crippen LogP contribution < -0.4 is 10.6 Å². The van der Waals surface area contributed by atoms with Crippen molar-refractivity contribution in [1.29, 1.82) is 0 Å². The molecule has 0 spiro atoms. The van der Waals surface area contributed by atoms with Crippen LogP contribution in [0.15, 0.2) is 24.3 Å². The number of amides is 1. The molecule has 3 N–H and O–H groups in total. The predicted molar refractivity (Wildman–Crippen MR) is 72.1 cm³/mol. The van der Waals surface area contributed by atoms with Crippen molar-refractivity contribution in [2.45, 2.75) is 25.0 Å². The van der Waals surface area contributed by atoms with Crippen molar-refractivity contribution in [3.8, 4) is 0 Å². The molecule has 1 amide bonds. The van der Waals surface area contributed by atoms with Gasteiger partial charge in [-0.15, -0.1) is 0 Å². The molecule has 7 nitrogen and oxygen atoms in total. The van der Waals surface area contributed by atoms with E-state index >= 15 is 0 Å². The Balaban J connectivity index is 1.74. The first-order valence-electron chi connectivity index (χ1n) is 6.49. The highest BCUT2D eigenvalue weighted by Gasteiger charge is 2.22. The van der Waals surface area contributed by atoms with Crippen LogP contribution in [0.4, 0.5) is 5.69 Å². The van der Waals surface area contributed by atoms with Gasteiger partial charge < -0.3 is 15.7 Å². The van der Waals surface area contributed by atoms with E-state index in [0.29, 0.717) is 11.6 Å². The molecule has 1 unspecified atom stereocenters. The Hall–Kier alpha value is -1.99. The third-order valence-electron chi connectivity index (χ3n) is 3.05. The van der Waals surface area contributed by atoms with Gasteiger partial charge in [0.15, 0.2) is 0 Å². The lowest BCUT2D eigenvalue weighted by atomic mass is 10.1. The van der Waals surface area contributed by atoms with Crippen molar-refractivity contribution in [2.75, 3.05) is 13.1 Å². The normalized spacial score (nSPS) is 15.7. The molecule has 0 aromatic heterocycles. The molecule has 1 aromatic rings. The number of carbonyl (C=O) groups is 1. The molecular formula is C13H17N3O4. The minimum atomic E-state index is -0.801. The predicted octanol–water partition coefficient (Wildman–Crippen LogP) is 0.496. The molecule has 2 rings (SSSR count). The van der Waals surface area contributed by atoms with E-state index in [4.69, 9.17) is 0 Å². The summed E-state index contributed by atoms with van der Waals surface area (Å²) in [4.78, 5) is 21.4. The molecule has 1 aliphatic rings. The summed E-state index contributed by atoms with van der Waals surface area (Å²) in [6.07, 6.45) is 1.28. The van der Waals surface area contributed by atoms with Gasteiger partial charge in [0, 0.05) is 24.7 Å². The maximum Gasteiger partial charge on any atom is 0.269 e.